The van der Waals surface area contributed by atoms with Crippen LogP contribution in [0.3, 0.4) is 0 Å². The van der Waals surface area contributed by atoms with Gasteiger partial charge in [-0.1, -0.05) is 23.3 Å². The topological polar surface area (TPSA) is 75.9 Å². The Balaban J connectivity index is 2.24. The van der Waals surface area contributed by atoms with Crippen LogP contribution in [0, 0.1) is 0 Å². The maximum Gasteiger partial charge on any atom is 0.248 e. The molecule has 2 rings (SSSR count). The minimum atomic E-state index is -0.268. The minimum Gasteiger partial charge on any atom is -0.396 e. The summed E-state index contributed by atoms with van der Waals surface area (Å²) < 4.78 is 1.64. The summed E-state index contributed by atoms with van der Waals surface area (Å²) in [6.07, 6.45) is 0.620. The lowest BCUT2D eigenvalue weighted by atomic mass is 10.0. The number of aliphatic hydroxyl groups excluding tert-OH is 1. The fourth-order valence-electron chi connectivity index (χ4n) is 1.65. The molecule has 1 aromatic heterocycles. The summed E-state index contributed by atoms with van der Waals surface area (Å²) in [6, 6.07) is 9.66. The summed E-state index contributed by atoms with van der Waals surface area (Å²) in [4.78, 5) is 0. The first-order valence-electron chi connectivity index (χ1n) is 5.85. The van der Waals surface area contributed by atoms with Crippen molar-refractivity contribution in [3.63, 3.8) is 0 Å². The minimum absolute atomic E-state index is 0.118. The lowest BCUT2D eigenvalue weighted by Gasteiger charge is -2.25. The van der Waals surface area contributed by atoms with Crippen molar-refractivity contribution in [1.82, 2.24) is 20.2 Å². The average molecular weight is 247 g/mol. The van der Waals surface area contributed by atoms with E-state index in [1.54, 1.807) is 4.68 Å². The van der Waals surface area contributed by atoms with Crippen molar-refractivity contribution >= 4 is 5.95 Å². The van der Waals surface area contributed by atoms with Gasteiger partial charge in [0.15, 0.2) is 0 Å². The molecule has 0 spiro atoms. The van der Waals surface area contributed by atoms with Gasteiger partial charge in [0.2, 0.25) is 5.95 Å². The number of nitrogens with one attached hydrogen (secondary N) is 1. The first-order valence-corrected chi connectivity index (χ1v) is 5.85. The zero-order valence-corrected chi connectivity index (χ0v) is 10.5. The van der Waals surface area contributed by atoms with Gasteiger partial charge in [0.25, 0.3) is 0 Å². The molecule has 0 saturated carbocycles. The van der Waals surface area contributed by atoms with Crippen molar-refractivity contribution in [1.29, 1.82) is 0 Å². The predicted octanol–water partition coefficient (Wildman–Crippen LogP) is 1.24. The van der Waals surface area contributed by atoms with Crippen molar-refractivity contribution < 1.29 is 5.11 Å². The Kier molecular flexibility index (Phi) is 3.57. The highest BCUT2D eigenvalue weighted by Crippen LogP contribution is 2.17. The Bertz CT molecular complexity index is 494. The molecule has 6 heteroatoms. The van der Waals surface area contributed by atoms with Crippen molar-refractivity contribution in [2.24, 2.45) is 0 Å². The molecule has 0 bridgehead atoms. The van der Waals surface area contributed by atoms with Gasteiger partial charge in [0, 0.05) is 12.1 Å². The second-order valence-electron chi connectivity index (χ2n) is 4.73. The van der Waals surface area contributed by atoms with Crippen molar-refractivity contribution in [2.45, 2.75) is 25.8 Å². The van der Waals surface area contributed by atoms with Gasteiger partial charge in [-0.2, -0.15) is 4.68 Å². The first kappa shape index (κ1) is 12.5. The predicted molar refractivity (Wildman–Crippen MR) is 68.6 cm³/mol. The monoisotopic (exact) mass is 247 g/mol. The molecule has 0 unspecified atom stereocenters. The fourth-order valence-corrected chi connectivity index (χ4v) is 1.65. The Morgan fingerprint density at radius 3 is 2.67 bits per heavy atom. The van der Waals surface area contributed by atoms with Crippen LogP contribution < -0.4 is 5.32 Å². The zero-order valence-electron chi connectivity index (χ0n) is 10.5. The third-order valence-corrected chi connectivity index (χ3v) is 2.66. The molecule has 0 aliphatic carbocycles. The highest BCUT2D eigenvalue weighted by atomic mass is 16.3. The molecule has 0 atom stereocenters. The fraction of sp³-hybridized carbons (Fsp3) is 0.417. The van der Waals surface area contributed by atoms with E-state index in [0.717, 1.165) is 5.69 Å². The van der Waals surface area contributed by atoms with E-state index in [9.17, 15) is 0 Å². The molecule has 1 heterocycles. The SMILES string of the molecule is CC(C)(CCO)Nc1nnnn1-c1ccccc1. The zero-order chi connectivity index (χ0) is 13.0. The number of anilines is 1. The van der Waals surface area contributed by atoms with Crippen LogP contribution in [0.25, 0.3) is 5.69 Å². The number of aromatic nitrogens is 4. The summed E-state index contributed by atoms with van der Waals surface area (Å²) in [7, 11) is 0. The van der Waals surface area contributed by atoms with E-state index in [1.165, 1.54) is 0 Å². The summed E-state index contributed by atoms with van der Waals surface area (Å²) in [6.45, 7) is 4.10. The number of tetrazole rings is 1. The maximum atomic E-state index is 9.02. The highest BCUT2D eigenvalue weighted by molar-refractivity contribution is 5.39. The van der Waals surface area contributed by atoms with Gasteiger partial charge in [-0.15, -0.1) is 0 Å². The molecular formula is C12H17N5O. The molecule has 6 nitrogen and oxygen atoms in total. The quantitative estimate of drug-likeness (QED) is 0.831. The van der Waals surface area contributed by atoms with E-state index in [4.69, 9.17) is 5.11 Å². The smallest absolute Gasteiger partial charge is 0.248 e. The Morgan fingerprint density at radius 1 is 1.28 bits per heavy atom. The number of para-hydroxylation sites is 1. The number of hydrogen-bond donors (Lipinski definition) is 2. The van der Waals surface area contributed by atoms with Crippen LogP contribution in [-0.4, -0.2) is 37.5 Å². The molecule has 0 fully saturated rings. The average Bonchev–Trinajstić information content (AvgIpc) is 2.77. The standard InChI is InChI=1S/C12H17N5O/c1-12(2,8-9-18)13-11-14-15-16-17(11)10-6-4-3-5-7-10/h3-7,18H,8-9H2,1-2H3,(H,13,14,16). The number of benzene rings is 1. The summed E-state index contributed by atoms with van der Waals surface area (Å²) in [5.74, 6) is 0.569. The van der Waals surface area contributed by atoms with Crippen LogP contribution in [-0.2, 0) is 0 Å². The first-order chi connectivity index (χ1) is 8.62. The van der Waals surface area contributed by atoms with Gasteiger partial charge >= 0.3 is 0 Å². The lowest BCUT2D eigenvalue weighted by Crippen LogP contribution is -2.33. The van der Waals surface area contributed by atoms with Gasteiger partial charge in [-0.05, 0) is 42.8 Å². The summed E-state index contributed by atoms with van der Waals surface area (Å²) in [5.41, 5.74) is 0.625. The second kappa shape index (κ2) is 5.14. The van der Waals surface area contributed by atoms with E-state index in [2.05, 4.69) is 20.8 Å². The van der Waals surface area contributed by atoms with Crippen LogP contribution in [0.4, 0.5) is 5.95 Å². The van der Waals surface area contributed by atoms with E-state index < -0.39 is 0 Å². The van der Waals surface area contributed by atoms with Crippen LogP contribution in [0.1, 0.15) is 20.3 Å². The number of aliphatic hydroxyl groups is 1. The Labute approximate surface area is 106 Å². The third-order valence-electron chi connectivity index (χ3n) is 2.66. The maximum absolute atomic E-state index is 9.02. The molecule has 96 valence electrons. The molecule has 2 N–H and O–H groups in total. The van der Waals surface area contributed by atoms with Crippen molar-refractivity contribution in [3.05, 3.63) is 30.3 Å². The van der Waals surface area contributed by atoms with Gasteiger partial charge in [0.1, 0.15) is 0 Å². The van der Waals surface area contributed by atoms with Crippen molar-refractivity contribution in [2.75, 3.05) is 11.9 Å². The van der Waals surface area contributed by atoms with Gasteiger partial charge in [-0.3, -0.25) is 0 Å². The second-order valence-corrected chi connectivity index (χ2v) is 4.73. The largest absolute Gasteiger partial charge is 0.396 e. The number of hydrogen-bond acceptors (Lipinski definition) is 5. The van der Waals surface area contributed by atoms with Crippen LogP contribution in [0.5, 0.6) is 0 Å². The van der Waals surface area contributed by atoms with Crippen molar-refractivity contribution in [3.8, 4) is 5.69 Å². The Morgan fingerprint density at radius 2 is 2.00 bits per heavy atom. The lowest BCUT2D eigenvalue weighted by molar-refractivity contribution is 0.260. The van der Waals surface area contributed by atoms with Gasteiger partial charge < -0.3 is 10.4 Å². The molecule has 0 aliphatic heterocycles. The molecule has 0 amide bonds. The molecule has 0 saturated heterocycles. The van der Waals surface area contributed by atoms with Gasteiger partial charge in [-0.25, -0.2) is 0 Å². The molecule has 0 aliphatic rings. The highest BCUT2D eigenvalue weighted by Gasteiger charge is 2.20. The molecule has 0 radical (unpaired) electrons. The van der Waals surface area contributed by atoms with Gasteiger partial charge in [0.05, 0.1) is 5.69 Å². The summed E-state index contributed by atoms with van der Waals surface area (Å²) in [5, 5.41) is 23.9. The van der Waals surface area contributed by atoms with E-state index >= 15 is 0 Å². The molecule has 18 heavy (non-hydrogen) atoms. The normalized spacial score (nSPS) is 11.5. The molecule has 1 aromatic carbocycles. The number of nitrogens with zero attached hydrogens (tertiary/aromatic N) is 4. The van der Waals surface area contributed by atoms with Crippen LogP contribution >= 0.6 is 0 Å². The van der Waals surface area contributed by atoms with E-state index in [-0.39, 0.29) is 12.1 Å². The molecular weight excluding hydrogens is 230 g/mol. The van der Waals surface area contributed by atoms with Crippen LogP contribution in [0.2, 0.25) is 0 Å². The third kappa shape index (κ3) is 2.84. The summed E-state index contributed by atoms with van der Waals surface area (Å²) >= 11 is 0. The van der Waals surface area contributed by atoms with E-state index in [1.807, 2.05) is 44.2 Å². The molecule has 2 aromatic rings. The van der Waals surface area contributed by atoms with E-state index in [0.29, 0.717) is 12.4 Å². The number of rotatable bonds is 5. The van der Waals surface area contributed by atoms with Crippen LogP contribution in [0.15, 0.2) is 30.3 Å². The Hall–Kier alpha value is -1.95.